The number of carbonyl (C=O) groups excluding carboxylic acids is 1. The quantitative estimate of drug-likeness (QED) is 0.367. The van der Waals surface area contributed by atoms with Gasteiger partial charge in [-0.25, -0.2) is 18.4 Å². The predicted molar refractivity (Wildman–Crippen MR) is 125 cm³/mol. The van der Waals surface area contributed by atoms with E-state index in [0.29, 0.717) is 11.2 Å². The molecule has 0 unspecified atom stereocenters. The van der Waals surface area contributed by atoms with Gasteiger partial charge in [0, 0.05) is 11.9 Å². The molecule has 0 aliphatic heterocycles. The van der Waals surface area contributed by atoms with Gasteiger partial charge in [0.25, 0.3) is 21.5 Å². The van der Waals surface area contributed by atoms with Crippen molar-refractivity contribution in [1.82, 2.24) is 14.6 Å². The van der Waals surface area contributed by atoms with Gasteiger partial charge in [0.05, 0.1) is 21.9 Å². The second-order valence-electron chi connectivity index (χ2n) is 6.93. The van der Waals surface area contributed by atoms with E-state index in [1.165, 1.54) is 36.5 Å². The minimum Gasteiger partial charge on any atom is -0.324 e. The van der Waals surface area contributed by atoms with E-state index in [1.807, 2.05) is 0 Å². The molecule has 0 radical (unpaired) electrons. The second-order valence-corrected chi connectivity index (χ2v) is 8.62. The van der Waals surface area contributed by atoms with Crippen LogP contribution in [0.3, 0.4) is 0 Å². The van der Waals surface area contributed by atoms with Crippen molar-refractivity contribution in [3.63, 3.8) is 0 Å². The maximum Gasteiger partial charge on any atom is 0.281 e. The van der Waals surface area contributed by atoms with Crippen LogP contribution < -0.4 is 21.0 Å². The first-order valence-corrected chi connectivity index (χ1v) is 11.4. The molecule has 0 saturated heterocycles. The van der Waals surface area contributed by atoms with Crippen molar-refractivity contribution in [2.45, 2.75) is 11.3 Å². The minimum atomic E-state index is -3.87. The normalized spacial score (nSPS) is 10.9. The summed E-state index contributed by atoms with van der Waals surface area (Å²) in [7, 11) is -3.87. The average molecular weight is 475 g/mol. The fourth-order valence-electron chi connectivity index (χ4n) is 3.02. The van der Waals surface area contributed by atoms with Crippen molar-refractivity contribution < 1.29 is 13.2 Å². The number of nitriles is 1. The lowest BCUT2D eigenvalue weighted by atomic mass is 10.2. The molecule has 1 amide bonds. The number of para-hydroxylation sites is 1. The van der Waals surface area contributed by atoms with Crippen molar-refractivity contribution in [3.8, 4) is 6.07 Å². The topological polar surface area (TPSA) is 159 Å². The molecule has 0 aliphatic rings. The molecule has 4 aromatic rings. The van der Waals surface area contributed by atoms with Gasteiger partial charge in [-0.3, -0.25) is 19.7 Å². The Morgan fingerprint density at radius 2 is 1.76 bits per heavy atom. The number of sulfonamides is 1. The van der Waals surface area contributed by atoms with E-state index < -0.39 is 27.9 Å². The van der Waals surface area contributed by atoms with Gasteiger partial charge in [0.15, 0.2) is 0 Å². The first-order valence-electron chi connectivity index (χ1n) is 9.87. The van der Waals surface area contributed by atoms with E-state index in [4.69, 9.17) is 5.26 Å². The zero-order valence-corrected chi connectivity index (χ0v) is 18.3. The van der Waals surface area contributed by atoms with Gasteiger partial charge >= 0.3 is 0 Å². The molecule has 0 saturated carbocycles. The van der Waals surface area contributed by atoms with E-state index in [1.54, 1.807) is 42.5 Å². The lowest BCUT2D eigenvalue weighted by Gasteiger charge is -2.15. The smallest absolute Gasteiger partial charge is 0.281 e. The van der Waals surface area contributed by atoms with Crippen LogP contribution in [0, 0.1) is 11.3 Å². The van der Waals surface area contributed by atoms with Crippen LogP contribution >= 0.6 is 0 Å². The third-order valence-corrected chi connectivity index (χ3v) is 5.95. The molecule has 4 rings (SSSR count). The van der Waals surface area contributed by atoms with Crippen molar-refractivity contribution in [2.75, 3.05) is 15.5 Å². The Kier molecular flexibility index (Phi) is 6.20. The molecule has 11 nitrogen and oxygen atoms in total. The van der Waals surface area contributed by atoms with Crippen molar-refractivity contribution in [1.29, 1.82) is 5.26 Å². The fraction of sp³-hybridized carbons (Fsp3) is 0.0455. The summed E-state index contributed by atoms with van der Waals surface area (Å²) >= 11 is 0. The van der Waals surface area contributed by atoms with E-state index >= 15 is 0 Å². The molecular weight excluding hydrogens is 458 g/mol. The molecule has 0 fully saturated rings. The monoisotopic (exact) mass is 475 g/mol. The van der Waals surface area contributed by atoms with Crippen molar-refractivity contribution in [2.24, 2.45) is 0 Å². The molecule has 2 aromatic heterocycles. The summed E-state index contributed by atoms with van der Waals surface area (Å²) in [6.45, 7) is 0. The van der Waals surface area contributed by atoms with Gasteiger partial charge in [-0.1, -0.05) is 18.2 Å². The average Bonchev–Trinajstić information content (AvgIpc) is 2.82. The number of fused-ring (bicyclic) bond motifs is 1. The Labute approximate surface area is 193 Å². The summed E-state index contributed by atoms with van der Waals surface area (Å²) in [5.74, 6) is -0.522. The van der Waals surface area contributed by atoms with Crippen LogP contribution in [0.25, 0.3) is 10.9 Å². The third-order valence-electron chi connectivity index (χ3n) is 4.58. The van der Waals surface area contributed by atoms with Crippen LogP contribution in [0.2, 0.25) is 0 Å². The first-order chi connectivity index (χ1) is 16.4. The molecular formula is C22H17N7O4S. The highest BCUT2D eigenvalue weighted by molar-refractivity contribution is 7.92. The summed E-state index contributed by atoms with van der Waals surface area (Å²) < 4.78 is 28.5. The Morgan fingerprint density at radius 3 is 2.47 bits per heavy atom. The molecule has 2 heterocycles. The number of rotatable bonds is 7. The number of benzene rings is 2. The van der Waals surface area contributed by atoms with Gasteiger partial charge in [0.1, 0.15) is 12.2 Å². The molecule has 0 aliphatic carbocycles. The van der Waals surface area contributed by atoms with Crippen LogP contribution in [-0.2, 0) is 14.8 Å². The Hall–Kier alpha value is -4.76. The van der Waals surface area contributed by atoms with Crippen LogP contribution in [0.5, 0.6) is 0 Å². The van der Waals surface area contributed by atoms with E-state index in [-0.39, 0.29) is 22.0 Å². The zero-order valence-electron chi connectivity index (χ0n) is 17.5. The Balaban J connectivity index is 1.65. The van der Waals surface area contributed by atoms with E-state index in [2.05, 4.69) is 25.4 Å². The van der Waals surface area contributed by atoms with Gasteiger partial charge in [-0.05, 0) is 48.5 Å². The maximum atomic E-state index is 12.9. The molecule has 2 aromatic carbocycles. The molecule has 0 spiro atoms. The number of carbonyl (C=O) groups is 1. The van der Waals surface area contributed by atoms with Crippen molar-refractivity contribution in [3.05, 3.63) is 83.3 Å². The van der Waals surface area contributed by atoms with E-state index in [0.717, 1.165) is 4.68 Å². The number of hydrogen-bond acceptors (Lipinski definition) is 8. The number of aromatic nitrogens is 3. The highest BCUT2D eigenvalue weighted by atomic mass is 32.2. The SMILES string of the molecule is N#CCC(=O)Nn1c(Nc2ccc(S(=O)(=O)Nc3ccccn3)cc2)nc2ccccc2c1=O. The molecule has 0 atom stereocenters. The first kappa shape index (κ1) is 22.4. The minimum absolute atomic E-state index is 0.00473. The van der Waals surface area contributed by atoms with Crippen LogP contribution in [0.4, 0.5) is 17.5 Å². The molecule has 3 N–H and O–H groups in total. The number of pyridine rings is 1. The lowest BCUT2D eigenvalue weighted by Crippen LogP contribution is -2.35. The number of anilines is 3. The van der Waals surface area contributed by atoms with Gasteiger partial charge < -0.3 is 5.32 Å². The van der Waals surface area contributed by atoms with Crippen LogP contribution in [0.15, 0.2) is 82.6 Å². The Bertz CT molecular complexity index is 1560. The lowest BCUT2D eigenvalue weighted by molar-refractivity contribution is -0.116. The summed E-state index contributed by atoms with van der Waals surface area (Å²) in [6, 6.07) is 18.8. The number of nitrogens with one attached hydrogen (secondary N) is 3. The summed E-state index contributed by atoms with van der Waals surface area (Å²) in [6.07, 6.45) is 1.02. The van der Waals surface area contributed by atoms with Gasteiger partial charge in [-0.2, -0.15) is 9.94 Å². The van der Waals surface area contributed by atoms with Gasteiger partial charge in [0.2, 0.25) is 5.95 Å². The standard InChI is InChI=1S/C22H17N7O4S/c23-13-12-20(30)27-29-21(31)17-5-1-2-6-18(17)26-22(29)25-15-8-10-16(11-9-15)34(32,33)28-19-7-3-4-14-24-19/h1-11,14H,12H2,(H,24,28)(H,25,26)(H,27,30). The largest absolute Gasteiger partial charge is 0.324 e. The molecule has 12 heteroatoms. The van der Waals surface area contributed by atoms with Crippen LogP contribution in [-0.4, -0.2) is 29.0 Å². The molecule has 0 bridgehead atoms. The predicted octanol–water partition coefficient (Wildman–Crippen LogP) is 2.32. The van der Waals surface area contributed by atoms with Gasteiger partial charge in [-0.15, -0.1) is 0 Å². The molecule has 34 heavy (non-hydrogen) atoms. The fourth-order valence-corrected chi connectivity index (χ4v) is 4.03. The second kappa shape index (κ2) is 9.39. The number of nitrogens with zero attached hydrogens (tertiary/aromatic N) is 4. The van der Waals surface area contributed by atoms with Crippen LogP contribution in [0.1, 0.15) is 6.42 Å². The summed E-state index contributed by atoms with van der Waals surface area (Å²) in [4.78, 5) is 33.2. The third kappa shape index (κ3) is 4.84. The van der Waals surface area contributed by atoms with Crippen molar-refractivity contribution >= 4 is 44.3 Å². The highest BCUT2D eigenvalue weighted by Crippen LogP contribution is 2.20. The summed E-state index contributed by atoms with van der Waals surface area (Å²) in [5.41, 5.74) is 2.61. The molecule has 170 valence electrons. The zero-order chi connectivity index (χ0) is 24.1. The maximum absolute atomic E-state index is 12.9. The number of amides is 1. The summed E-state index contributed by atoms with van der Waals surface area (Å²) in [5, 5.41) is 11.9. The Morgan fingerprint density at radius 1 is 1.03 bits per heavy atom. The van der Waals surface area contributed by atoms with E-state index in [9.17, 15) is 18.0 Å². The number of hydrogen-bond donors (Lipinski definition) is 3. The highest BCUT2D eigenvalue weighted by Gasteiger charge is 2.16.